The fourth-order valence-electron chi connectivity index (χ4n) is 2.64. The molecule has 3 rings (SSSR count). The van der Waals surface area contributed by atoms with E-state index in [1.165, 1.54) is 27.4 Å². The van der Waals surface area contributed by atoms with Crippen LogP contribution in [0.1, 0.15) is 15.9 Å². The lowest BCUT2D eigenvalue weighted by Crippen LogP contribution is -2.50. The number of methoxy groups -OCH3 is 3. The Hall–Kier alpha value is -2.05. The molecule has 0 saturated carbocycles. The van der Waals surface area contributed by atoms with Gasteiger partial charge in [-0.15, -0.1) is 0 Å². The lowest BCUT2D eigenvalue weighted by molar-refractivity contribution is -0.186. The zero-order valence-corrected chi connectivity index (χ0v) is 10.5. The van der Waals surface area contributed by atoms with Crippen LogP contribution >= 0.6 is 0 Å². The highest BCUT2D eigenvalue weighted by molar-refractivity contribution is 6.18. The lowest BCUT2D eigenvalue weighted by atomic mass is 9.76. The predicted molar refractivity (Wildman–Crippen MR) is 65.4 cm³/mol. The number of hydrogen-bond acceptors (Lipinski definition) is 6. The van der Waals surface area contributed by atoms with Gasteiger partial charge >= 0.3 is 0 Å². The number of hydrogen-bond donors (Lipinski definition) is 0. The summed E-state index contributed by atoms with van der Waals surface area (Å²) in [5.41, 5.74) is -0.559. The van der Waals surface area contributed by atoms with E-state index in [2.05, 4.69) is 0 Å². The molecule has 0 aliphatic heterocycles. The number of carbonyl (C=O) groups excluding carboxylic acids is 1. The van der Waals surface area contributed by atoms with Crippen LogP contribution in [0.3, 0.4) is 0 Å². The van der Waals surface area contributed by atoms with Gasteiger partial charge in [0.15, 0.2) is 0 Å². The van der Waals surface area contributed by atoms with Crippen LogP contribution in [0, 0.1) is 0 Å². The van der Waals surface area contributed by atoms with Crippen molar-refractivity contribution in [2.24, 2.45) is 0 Å². The number of Topliss-reactive ketones (excluding diaryl/α,β-unsaturated/α-hetero) is 1. The topological polar surface area (TPSA) is 78.9 Å². The molecule has 0 heterocycles. The minimum absolute atomic E-state index is 0.131. The van der Waals surface area contributed by atoms with Gasteiger partial charge in [-0.05, 0) is 6.07 Å². The van der Waals surface area contributed by atoms with Crippen molar-refractivity contribution in [3.05, 3.63) is 37.6 Å². The number of ether oxygens (including phenoxy) is 3. The van der Waals surface area contributed by atoms with Crippen LogP contribution in [0.15, 0.2) is 15.7 Å². The molecule has 0 saturated heterocycles. The smallest absolute Gasteiger partial charge is 0.261 e. The first kappa shape index (κ1) is 12.0. The molecule has 2 aromatic rings. The molecule has 98 valence electrons. The fourth-order valence-corrected chi connectivity index (χ4v) is 2.64. The van der Waals surface area contributed by atoms with Crippen LogP contribution < -0.4 is 15.6 Å². The van der Waals surface area contributed by atoms with Gasteiger partial charge in [0.1, 0.15) is 5.75 Å². The molecular formula is C13H10O6. The molecule has 0 N–H and O–H groups in total. The first-order valence-corrected chi connectivity index (χ1v) is 5.53. The molecule has 0 amide bonds. The molecule has 1 aliphatic rings. The molecule has 0 fully saturated rings. The van der Waals surface area contributed by atoms with Crippen molar-refractivity contribution in [3.63, 3.8) is 0 Å². The quantitative estimate of drug-likeness (QED) is 0.576. The third-order valence-corrected chi connectivity index (χ3v) is 3.62. The summed E-state index contributed by atoms with van der Waals surface area (Å²) in [6.07, 6.45) is 0. The highest BCUT2D eigenvalue weighted by Gasteiger charge is 2.56. The summed E-state index contributed by atoms with van der Waals surface area (Å²) in [6, 6.07) is 1.46. The average molecular weight is 262 g/mol. The van der Waals surface area contributed by atoms with Gasteiger partial charge in [-0.2, -0.15) is 0 Å². The SMILES string of the molecule is COc1c2c(cc3c(=O)c(=O)c13)C(OC)(OC)C2=O. The van der Waals surface area contributed by atoms with Crippen molar-refractivity contribution >= 4 is 16.6 Å². The van der Waals surface area contributed by atoms with Gasteiger partial charge in [-0.25, -0.2) is 0 Å². The van der Waals surface area contributed by atoms with Gasteiger partial charge in [0.05, 0.1) is 18.1 Å². The summed E-state index contributed by atoms with van der Waals surface area (Å²) < 4.78 is 15.3. The van der Waals surface area contributed by atoms with Crippen LogP contribution in [0.2, 0.25) is 0 Å². The fraction of sp³-hybridized carbons (Fsp3) is 0.308. The van der Waals surface area contributed by atoms with Crippen LogP contribution in [-0.2, 0) is 15.3 Å². The van der Waals surface area contributed by atoms with Crippen molar-refractivity contribution < 1.29 is 19.0 Å². The summed E-state index contributed by atoms with van der Waals surface area (Å²) in [5.74, 6) is -1.79. The Morgan fingerprint density at radius 3 is 2.16 bits per heavy atom. The van der Waals surface area contributed by atoms with Gasteiger partial charge in [-0.1, -0.05) is 0 Å². The normalized spacial score (nSPS) is 16.5. The van der Waals surface area contributed by atoms with Crippen LogP contribution in [0.5, 0.6) is 5.75 Å². The van der Waals surface area contributed by atoms with Crippen molar-refractivity contribution in [3.8, 4) is 5.75 Å². The van der Waals surface area contributed by atoms with Gasteiger partial charge in [0, 0.05) is 25.2 Å². The first-order chi connectivity index (χ1) is 9.03. The number of ketones is 1. The van der Waals surface area contributed by atoms with E-state index in [0.717, 1.165) is 0 Å². The van der Waals surface area contributed by atoms with E-state index < -0.39 is 22.4 Å². The van der Waals surface area contributed by atoms with E-state index in [9.17, 15) is 14.4 Å². The molecule has 1 aliphatic carbocycles. The standard InChI is InChI=1S/C13H10O6/c1-17-11-7-5(9(14)10(7)15)4-6-8(11)12(16)13(6,18-2)19-3/h4H,1-3H3. The number of rotatable bonds is 3. The van der Waals surface area contributed by atoms with Gasteiger partial charge in [0.25, 0.3) is 5.79 Å². The summed E-state index contributed by atoms with van der Waals surface area (Å²) in [4.78, 5) is 35.2. The Labute approximate surface area is 107 Å². The van der Waals surface area contributed by atoms with Crippen molar-refractivity contribution in [1.29, 1.82) is 0 Å². The van der Waals surface area contributed by atoms with Crippen molar-refractivity contribution in [2.45, 2.75) is 5.79 Å². The minimum Gasteiger partial charge on any atom is -0.495 e. The summed E-state index contributed by atoms with van der Waals surface area (Å²) >= 11 is 0. The van der Waals surface area contributed by atoms with Crippen molar-refractivity contribution in [2.75, 3.05) is 21.3 Å². The molecule has 6 nitrogen and oxygen atoms in total. The zero-order valence-electron chi connectivity index (χ0n) is 10.5. The van der Waals surface area contributed by atoms with Crippen molar-refractivity contribution in [1.82, 2.24) is 0 Å². The molecule has 0 atom stereocenters. The monoisotopic (exact) mass is 262 g/mol. The maximum atomic E-state index is 12.2. The first-order valence-electron chi connectivity index (χ1n) is 5.53. The molecule has 0 bridgehead atoms. The van der Waals surface area contributed by atoms with E-state index in [-0.39, 0.29) is 22.1 Å². The maximum absolute atomic E-state index is 12.2. The van der Waals surface area contributed by atoms with Crippen LogP contribution in [0.25, 0.3) is 10.8 Å². The second kappa shape index (κ2) is 3.49. The Kier molecular flexibility index (Phi) is 2.21. The Morgan fingerprint density at radius 1 is 1.00 bits per heavy atom. The Balaban J connectivity index is 2.42. The molecule has 0 radical (unpaired) electrons. The molecule has 6 heteroatoms. The number of fused-ring (bicyclic) bond motifs is 2. The van der Waals surface area contributed by atoms with Gasteiger partial charge in [0.2, 0.25) is 16.6 Å². The number of carbonyl (C=O) groups is 1. The average Bonchev–Trinajstić information content (AvgIpc) is 2.45. The second-order valence-electron chi connectivity index (χ2n) is 4.27. The summed E-state index contributed by atoms with van der Waals surface area (Å²) in [5, 5.41) is 0.409. The minimum atomic E-state index is -1.50. The zero-order chi connectivity index (χ0) is 13.9. The van der Waals surface area contributed by atoms with E-state index in [1.807, 2.05) is 0 Å². The largest absolute Gasteiger partial charge is 0.495 e. The molecule has 0 aromatic heterocycles. The highest BCUT2D eigenvalue weighted by Crippen LogP contribution is 2.48. The highest BCUT2D eigenvalue weighted by atomic mass is 16.7. The van der Waals surface area contributed by atoms with E-state index in [0.29, 0.717) is 5.56 Å². The van der Waals surface area contributed by atoms with Crippen LogP contribution in [0.4, 0.5) is 0 Å². The third kappa shape index (κ3) is 1.07. The molecule has 19 heavy (non-hydrogen) atoms. The second-order valence-corrected chi connectivity index (χ2v) is 4.27. The number of benzene rings is 1. The Morgan fingerprint density at radius 2 is 1.63 bits per heavy atom. The molecule has 2 aromatic carbocycles. The van der Waals surface area contributed by atoms with Crippen LogP contribution in [-0.4, -0.2) is 27.1 Å². The predicted octanol–water partition coefficient (Wildman–Crippen LogP) is 0.0863. The summed E-state index contributed by atoms with van der Waals surface area (Å²) in [7, 11) is 4.02. The molecule has 0 spiro atoms. The van der Waals surface area contributed by atoms with Gasteiger partial charge < -0.3 is 14.2 Å². The van der Waals surface area contributed by atoms with E-state index in [1.54, 1.807) is 0 Å². The van der Waals surface area contributed by atoms with Gasteiger partial charge in [-0.3, -0.25) is 14.4 Å². The van der Waals surface area contributed by atoms with E-state index in [4.69, 9.17) is 14.2 Å². The summed E-state index contributed by atoms with van der Waals surface area (Å²) in [6.45, 7) is 0. The Bertz CT molecular complexity index is 790. The maximum Gasteiger partial charge on any atom is 0.261 e. The van der Waals surface area contributed by atoms with E-state index >= 15 is 0 Å². The molecule has 0 unspecified atom stereocenters. The third-order valence-electron chi connectivity index (χ3n) is 3.62. The lowest BCUT2D eigenvalue weighted by Gasteiger charge is -2.40. The molecular weight excluding hydrogens is 252 g/mol.